The molecule has 1 aliphatic rings. The van der Waals surface area contributed by atoms with Crippen molar-refractivity contribution in [3.63, 3.8) is 0 Å². The summed E-state index contributed by atoms with van der Waals surface area (Å²) in [4.78, 5) is 17.3. The number of aryl methyl sites for hydroxylation is 1. The van der Waals surface area contributed by atoms with E-state index in [2.05, 4.69) is 5.32 Å². The SMILES string of the molecule is COc1cc(C2C(C(N)=O)=C(C)Nc3nc(-c4ccc(C)cc4)nn32)ccc1OCc1ccccc1. The van der Waals surface area contributed by atoms with Gasteiger partial charge >= 0.3 is 0 Å². The molecule has 0 radical (unpaired) electrons. The number of nitrogens with two attached hydrogens (primary N) is 1. The van der Waals surface area contributed by atoms with Crippen molar-refractivity contribution in [2.24, 2.45) is 5.73 Å². The van der Waals surface area contributed by atoms with Crippen molar-refractivity contribution in [2.75, 3.05) is 12.4 Å². The molecule has 0 saturated carbocycles. The molecule has 8 heteroatoms. The second-order valence-corrected chi connectivity index (χ2v) is 8.68. The lowest BCUT2D eigenvalue weighted by atomic mass is 9.95. The van der Waals surface area contributed by atoms with E-state index in [4.69, 9.17) is 25.3 Å². The van der Waals surface area contributed by atoms with E-state index in [1.165, 1.54) is 0 Å². The molecular weight excluding hydrogens is 454 g/mol. The van der Waals surface area contributed by atoms with Gasteiger partial charge in [0.2, 0.25) is 11.9 Å². The van der Waals surface area contributed by atoms with Crippen LogP contribution < -0.4 is 20.5 Å². The molecule has 0 aliphatic carbocycles. The van der Waals surface area contributed by atoms with Crippen molar-refractivity contribution in [2.45, 2.75) is 26.5 Å². The summed E-state index contributed by atoms with van der Waals surface area (Å²) in [6.45, 7) is 4.24. The number of anilines is 1. The zero-order valence-electron chi connectivity index (χ0n) is 20.4. The van der Waals surface area contributed by atoms with Gasteiger partial charge in [-0.25, -0.2) is 4.68 Å². The van der Waals surface area contributed by atoms with E-state index >= 15 is 0 Å². The maximum atomic E-state index is 12.6. The number of carbonyl (C=O) groups excluding carboxylic acids is 1. The molecule has 1 aliphatic heterocycles. The lowest BCUT2D eigenvalue weighted by molar-refractivity contribution is -0.115. The van der Waals surface area contributed by atoms with Gasteiger partial charge in [0.05, 0.1) is 12.7 Å². The number of allylic oxidation sites excluding steroid dienone is 1. The number of aromatic nitrogens is 3. The monoisotopic (exact) mass is 481 g/mol. The topological polar surface area (TPSA) is 104 Å². The maximum Gasteiger partial charge on any atom is 0.248 e. The second-order valence-electron chi connectivity index (χ2n) is 8.68. The average Bonchev–Trinajstić information content (AvgIpc) is 3.31. The molecule has 0 bridgehead atoms. The van der Waals surface area contributed by atoms with Crippen molar-refractivity contribution >= 4 is 11.9 Å². The van der Waals surface area contributed by atoms with Gasteiger partial charge in [0.15, 0.2) is 17.3 Å². The van der Waals surface area contributed by atoms with Crippen LogP contribution in [-0.2, 0) is 11.4 Å². The predicted octanol–water partition coefficient (Wildman–Crippen LogP) is 4.62. The van der Waals surface area contributed by atoms with Gasteiger partial charge in [-0.15, -0.1) is 5.10 Å². The molecule has 0 saturated heterocycles. The van der Waals surface area contributed by atoms with Crippen molar-refractivity contribution in [3.8, 4) is 22.9 Å². The van der Waals surface area contributed by atoms with E-state index in [1.54, 1.807) is 11.8 Å². The average molecular weight is 482 g/mol. The molecule has 3 N–H and O–H groups in total. The summed E-state index contributed by atoms with van der Waals surface area (Å²) >= 11 is 0. The molecule has 8 nitrogen and oxygen atoms in total. The van der Waals surface area contributed by atoms with Gasteiger partial charge in [-0.1, -0.05) is 66.2 Å². The third-order valence-corrected chi connectivity index (χ3v) is 6.17. The minimum Gasteiger partial charge on any atom is -0.493 e. The second kappa shape index (κ2) is 9.58. The first kappa shape index (κ1) is 23.2. The number of ether oxygens (including phenoxy) is 2. The molecule has 182 valence electrons. The van der Waals surface area contributed by atoms with E-state index in [1.807, 2.05) is 86.6 Å². The summed E-state index contributed by atoms with van der Waals surface area (Å²) in [7, 11) is 1.59. The number of nitrogens with one attached hydrogen (secondary N) is 1. The Bertz CT molecular complexity index is 1440. The molecule has 1 unspecified atom stereocenters. The fourth-order valence-corrected chi connectivity index (χ4v) is 4.31. The van der Waals surface area contributed by atoms with E-state index in [-0.39, 0.29) is 0 Å². The fraction of sp³-hybridized carbons (Fsp3) is 0.179. The molecule has 5 rings (SSSR count). The Labute approximate surface area is 209 Å². The first-order valence-electron chi connectivity index (χ1n) is 11.6. The highest BCUT2D eigenvalue weighted by molar-refractivity contribution is 5.95. The molecule has 36 heavy (non-hydrogen) atoms. The molecule has 4 aromatic rings. The van der Waals surface area contributed by atoms with Crippen LogP contribution in [0, 0.1) is 6.92 Å². The zero-order valence-corrected chi connectivity index (χ0v) is 20.4. The number of primary amides is 1. The molecule has 0 spiro atoms. The first-order chi connectivity index (χ1) is 17.4. The van der Waals surface area contributed by atoms with E-state index in [9.17, 15) is 4.79 Å². The quantitative estimate of drug-likeness (QED) is 0.399. The number of hydrogen-bond acceptors (Lipinski definition) is 6. The fourth-order valence-electron chi connectivity index (χ4n) is 4.31. The van der Waals surface area contributed by atoms with E-state index < -0.39 is 11.9 Å². The number of rotatable bonds is 7. The Hall–Kier alpha value is -4.59. The van der Waals surface area contributed by atoms with Crippen LogP contribution in [0.4, 0.5) is 5.95 Å². The highest BCUT2D eigenvalue weighted by atomic mass is 16.5. The summed E-state index contributed by atoms with van der Waals surface area (Å²) in [6.07, 6.45) is 0. The smallest absolute Gasteiger partial charge is 0.248 e. The lowest BCUT2D eigenvalue weighted by Crippen LogP contribution is -2.31. The molecule has 2 heterocycles. The van der Waals surface area contributed by atoms with Gasteiger partial charge in [-0.2, -0.15) is 4.98 Å². The minimum absolute atomic E-state index is 0.405. The minimum atomic E-state index is -0.581. The van der Waals surface area contributed by atoms with Crippen LogP contribution in [0.5, 0.6) is 11.5 Å². The molecule has 3 aromatic carbocycles. The number of methoxy groups -OCH3 is 1. The van der Waals surface area contributed by atoms with Crippen molar-refractivity contribution < 1.29 is 14.3 Å². The molecule has 1 atom stereocenters. The number of amides is 1. The largest absolute Gasteiger partial charge is 0.493 e. The lowest BCUT2D eigenvalue weighted by Gasteiger charge is -2.28. The third kappa shape index (κ3) is 4.40. The van der Waals surface area contributed by atoms with Gasteiger partial charge in [-0.05, 0) is 37.1 Å². The van der Waals surface area contributed by atoms with Crippen LogP contribution >= 0.6 is 0 Å². The van der Waals surface area contributed by atoms with Gasteiger partial charge in [-0.3, -0.25) is 4.79 Å². The maximum absolute atomic E-state index is 12.6. The van der Waals surface area contributed by atoms with Gasteiger partial charge in [0.25, 0.3) is 0 Å². The number of fused-ring (bicyclic) bond motifs is 1. The summed E-state index contributed by atoms with van der Waals surface area (Å²) in [6, 6.07) is 22.9. The van der Waals surface area contributed by atoms with Crippen molar-refractivity contribution in [1.29, 1.82) is 0 Å². The summed E-state index contributed by atoms with van der Waals surface area (Å²) in [5.74, 6) is 1.69. The predicted molar refractivity (Wildman–Crippen MR) is 138 cm³/mol. The van der Waals surface area contributed by atoms with Crippen LogP contribution in [0.25, 0.3) is 11.4 Å². The Kier molecular flexibility index (Phi) is 6.16. The third-order valence-electron chi connectivity index (χ3n) is 6.17. The normalized spacial score (nSPS) is 14.7. The number of benzene rings is 3. The molecular formula is C28H27N5O3. The molecule has 1 aromatic heterocycles. The van der Waals surface area contributed by atoms with E-state index in [0.29, 0.717) is 41.1 Å². The number of nitrogens with zero attached hydrogens (tertiary/aromatic N) is 3. The van der Waals surface area contributed by atoms with Crippen LogP contribution in [-0.4, -0.2) is 27.8 Å². The Morgan fingerprint density at radius 1 is 1.03 bits per heavy atom. The Balaban J connectivity index is 1.54. The molecule has 0 fully saturated rings. The summed E-state index contributed by atoms with van der Waals surface area (Å²) in [5.41, 5.74) is 10.7. The van der Waals surface area contributed by atoms with Crippen LogP contribution in [0.1, 0.15) is 29.7 Å². The van der Waals surface area contributed by atoms with Gasteiger partial charge in [0, 0.05) is 11.3 Å². The highest BCUT2D eigenvalue weighted by Gasteiger charge is 2.34. The summed E-state index contributed by atoms with van der Waals surface area (Å²) < 4.78 is 13.4. The van der Waals surface area contributed by atoms with Gasteiger partial charge in [0.1, 0.15) is 12.6 Å². The molecule has 1 amide bonds. The van der Waals surface area contributed by atoms with Gasteiger partial charge < -0.3 is 20.5 Å². The summed E-state index contributed by atoms with van der Waals surface area (Å²) in [5, 5.41) is 7.94. The van der Waals surface area contributed by atoms with Crippen molar-refractivity contribution in [1.82, 2.24) is 14.8 Å². The highest BCUT2D eigenvalue weighted by Crippen LogP contribution is 2.39. The standard InChI is InChI=1S/C28H27N5O3/c1-17-9-11-20(12-10-17)27-31-28-30-18(2)24(26(29)34)25(33(28)32-27)21-13-14-22(23(15-21)35-3)36-16-19-7-5-4-6-8-19/h4-15,25H,16H2,1-3H3,(H2,29,34)(H,30,31,32). The number of carbonyl (C=O) groups is 1. The van der Waals surface area contributed by atoms with Crippen molar-refractivity contribution in [3.05, 3.63) is 101 Å². The van der Waals surface area contributed by atoms with Crippen LogP contribution in [0.3, 0.4) is 0 Å². The first-order valence-corrected chi connectivity index (χ1v) is 11.6. The Morgan fingerprint density at radius 2 is 1.78 bits per heavy atom. The zero-order chi connectivity index (χ0) is 25.2. The van der Waals surface area contributed by atoms with E-state index in [0.717, 1.165) is 22.3 Å². The Morgan fingerprint density at radius 3 is 2.47 bits per heavy atom. The number of hydrogen-bond donors (Lipinski definition) is 2. The van der Waals surface area contributed by atoms with Crippen LogP contribution in [0.15, 0.2) is 84.1 Å². The van der Waals surface area contributed by atoms with Crippen LogP contribution in [0.2, 0.25) is 0 Å².